The maximum absolute atomic E-state index is 13.0. The predicted molar refractivity (Wildman–Crippen MR) is 134 cm³/mol. The molecule has 0 N–H and O–H groups in total. The number of aryl methyl sites for hydroxylation is 1. The number of thioether (sulfide) groups is 1. The summed E-state index contributed by atoms with van der Waals surface area (Å²) in [6, 6.07) is 19.9. The van der Waals surface area contributed by atoms with Gasteiger partial charge in [0.05, 0.1) is 25.1 Å². The molecule has 2 heterocycles. The monoisotopic (exact) mass is 473 g/mol. The lowest BCUT2D eigenvalue weighted by Gasteiger charge is -2.19. The van der Waals surface area contributed by atoms with E-state index in [1.165, 1.54) is 11.8 Å². The lowest BCUT2D eigenvalue weighted by atomic mass is 10.1. The number of amides is 1. The van der Waals surface area contributed by atoms with Crippen LogP contribution in [0.2, 0.25) is 0 Å². The average molecular weight is 474 g/mol. The number of benzene rings is 2. The third kappa shape index (κ3) is 4.97. The molecule has 34 heavy (non-hydrogen) atoms. The minimum absolute atomic E-state index is 0.0189. The number of rotatable bonds is 8. The van der Waals surface area contributed by atoms with Crippen LogP contribution in [0, 0.1) is 13.8 Å². The Morgan fingerprint density at radius 3 is 2.38 bits per heavy atom. The van der Waals surface area contributed by atoms with Crippen LogP contribution in [0.3, 0.4) is 0 Å². The van der Waals surface area contributed by atoms with Gasteiger partial charge in [-0.15, -0.1) is 10.2 Å². The normalized spacial score (nSPS) is 10.8. The fourth-order valence-electron chi connectivity index (χ4n) is 3.73. The van der Waals surface area contributed by atoms with Crippen LogP contribution in [-0.4, -0.2) is 50.5 Å². The highest BCUT2D eigenvalue weighted by atomic mass is 32.2. The molecule has 0 aliphatic carbocycles. The molecule has 7 nitrogen and oxygen atoms in total. The van der Waals surface area contributed by atoms with Gasteiger partial charge in [-0.3, -0.25) is 14.3 Å². The summed E-state index contributed by atoms with van der Waals surface area (Å²) < 4.78 is 7.48. The van der Waals surface area contributed by atoms with Crippen molar-refractivity contribution in [1.82, 2.24) is 24.6 Å². The molecule has 0 saturated carbocycles. The molecule has 1 amide bonds. The van der Waals surface area contributed by atoms with E-state index >= 15 is 0 Å². The maximum atomic E-state index is 13.0. The summed E-state index contributed by atoms with van der Waals surface area (Å²) in [4.78, 5) is 19.2. The summed E-state index contributed by atoms with van der Waals surface area (Å²) in [5.74, 6) is 1.76. The van der Waals surface area contributed by atoms with Crippen molar-refractivity contribution in [3.05, 3.63) is 83.7 Å². The number of ether oxygens (including phenoxy) is 1. The van der Waals surface area contributed by atoms with E-state index in [4.69, 9.17) is 4.74 Å². The molecule has 174 valence electrons. The van der Waals surface area contributed by atoms with Crippen LogP contribution in [0.1, 0.15) is 16.8 Å². The van der Waals surface area contributed by atoms with Crippen molar-refractivity contribution in [1.29, 1.82) is 0 Å². The Balaban J connectivity index is 1.53. The number of hydrogen-bond acceptors (Lipinski definition) is 6. The first kappa shape index (κ1) is 23.5. The Bertz CT molecular complexity index is 1280. The second kappa shape index (κ2) is 10.5. The van der Waals surface area contributed by atoms with Gasteiger partial charge in [-0.2, -0.15) is 0 Å². The Hall–Kier alpha value is -3.65. The summed E-state index contributed by atoms with van der Waals surface area (Å²) >= 11 is 1.37. The van der Waals surface area contributed by atoms with Gasteiger partial charge in [0.15, 0.2) is 11.0 Å². The number of carbonyl (C=O) groups excluding carboxylic acids is 1. The molecule has 0 aliphatic rings. The number of methoxy groups -OCH3 is 1. The second-order valence-electron chi connectivity index (χ2n) is 7.93. The summed E-state index contributed by atoms with van der Waals surface area (Å²) in [5.41, 5.74) is 4.65. The summed E-state index contributed by atoms with van der Waals surface area (Å²) in [5, 5.41) is 9.51. The highest BCUT2D eigenvalue weighted by molar-refractivity contribution is 7.99. The Labute approximate surface area is 203 Å². The maximum Gasteiger partial charge on any atom is 0.233 e. The van der Waals surface area contributed by atoms with Crippen molar-refractivity contribution >= 4 is 17.7 Å². The number of carbonyl (C=O) groups is 1. The first-order valence-electron chi connectivity index (χ1n) is 10.9. The third-order valence-electron chi connectivity index (χ3n) is 5.57. The lowest BCUT2D eigenvalue weighted by Crippen LogP contribution is -2.28. The molecule has 0 spiro atoms. The van der Waals surface area contributed by atoms with Crippen LogP contribution >= 0.6 is 11.8 Å². The van der Waals surface area contributed by atoms with Gasteiger partial charge < -0.3 is 9.64 Å². The number of hydrogen-bond donors (Lipinski definition) is 0. The molecule has 0 unspecified atom stereocenters. The van der Waals surface area contributed by atoms with E-state index in [0.29, 0.717) is 11.7 Å². The van der Waals surface area contributed by atoms with Crippen LogP contribution in [0.5, 0.6) is 5.75 Å². The van der Waals surface area contributed by atoms with Gasteiger partial charge in [0.1, 0.15) is 5.75 Å². The summed E-state index contributed by atoms with van der Waals surface area (Å²) in [7, 11) is 3.44. The molecule has 2 aromatic heterocycles. The molecule has 2 aromatic carbocycles. The van der Waals surface area contributed by atoms with E-state index in [-0.39, 0.29) is 11.7 Å². The highest BCUT2D eigenvalue weighted by Crippen LogP contribution is 2.28. The van der Waals surface area contributed by atoms with Gasteiger partial charge >= 0.3 is 0 Å². The average Bonchev–Trinajstić information content (AvgIpc) is 3.29. The van der Waals surface area contributed by atoms with Gasteiger partial charge in [-0.25, -0.2) is 0 Å². The highest BCUT2D eigenvalue weighted by Gasteiger charge is 2.19. The number of para-hydroxylation sites is 1. The number of nitrogens with zero attached hydrogens (tertiary/aromatic N) is 5. The van der Waals surface area contributed by atoms with Crippen LogP contribution in [0.15, 0.2) is 72.0 Å². The minimum Gasteiger partial charge on any atom is -0.496 e. The largest absolute Gasteiger partial charge is 0.496 e. The molecular weight excluding hydrogens is 446 g/mol. The van der Waals surface area contributed by atoms with Gasteiger partial charge in [-0.05, 0) is 26.0 Å². The van der Waals surface area contributed by atoms with Crippen LogP contribution in [0.25, 0.3) is 17.1 Å². The standard InChI is InChI=1S/C26H27N5O2S/c1-18-15-27-22(19(2)24(18)33-4)16-30(3)23(32)17-34-26-29-28-25(20-11-7-5-8-12-20)31(26)21-13-9-6-10-14-21/h5-15H,16-17H2,1-4H3. The minimum atomic E-state index is -0.0189. The Morgan fingerprint density at radius 2 is 1.71 bits per heavy atom. The predicted octanol–water partition coefficient (Wildman–Crippen LogP) is 4.71. The van der Waals surface area contributed by atoms with Crippen LogP contribution in [0.4, 0.5) is 0 Å². The van der Waals surface area contributed by atoms with Crippen LogP contribution < -0.4 is 4.74 Å². The molecule has 0 saturated heterocycles. The lowest BCUT2D eigenvalue weighted by molar-refractivity contribution is -0.127. The smallest absolute Gasteiger partial charge is 0.233 e. The SMILES string of the molecule is COc1c(C)cnc(CN(C)C(=O)CSc2nnc(-c3ccccc3)n2-c2ccccc2)c1C. The van der Waals surface area contributed by atoms with Crippen molar-refractivity contribution in [3.63, 3.8) is 0 Å². The number of pyridine rings is 1. The Kier molecular flexibility index (Phi) is 7.27. The van der Waals surface area contributed by atoms with E-state index < -0.39 is 0 Å². The molecule has 0 aliphatic heterocycles. The quantitative estimate of drug-likeness (QED) is 0.345. The van der Waals surface area contributed by atoms with Crippen molar-refractivity contribution < 1.29 is 9.53 Å². The van der Waals surface area contributed by atoms with Crippen molar-refractivity contribution in [2.24, 2.45) is 0 Å². The molecule has 4 rings (SSSR count). The molecular formula is C26H27N5O2S. The molecule has 0 atom stereocenters. The molecule has 8 heteroatoms. The van der Waals surface area contributed by atoms with E-state index in [9.17, 15) is 4.79 Å². The number of aromatic nitrogens is 4. The molecule has 0 fully saturated rings. The molecule has 4 aromatic rings. The van der Waals surface area contributed by atoms with E-state index in [0.717, 1.165) is 39.6 Å². The summed E-state index contributed by atoms with van der Waals surface area (Å²) in [6.45, 7) is 4.33. The van der Waals surface area contributed by atoms with E-state index in [1.807, 2.05) is 79.1 Å². The van der Waals surface area contributed by atoms with Gasteiger partial charge in [-0.1, -0.05) is 60.3 Å². The molecule has 0 bridgehead atoms. The van der Waals surface area contributed by atoms with Crippen molar-refractivity contribution in [3.8, 4) is 22.8 Å². The van der Waals surface area contributed by atoms with Gasteiger partial charge in [0, 0.05) is 35.6 Å². The zero-order chi connectivity index (χ0) is 24.1. The topological polar surface area (TPSA) is 73.1 Å². The van der Waals surface area contributed by atoms with Gasteiger partial charge in [0.25, 0.3) is 0 Å². The second-order valence-corrected chi connectivity index (χ2v) is 8.87. The first-order chi connectivity index (χ1) is 16.5. The first-order valence-corrected chi connectivity index (χ1v) is 11.9. The van der Waals surface area contributed by atoms with E-state index in [1.54, 1.807) is 25.3 Å². The van der Waals surface area contributed by atoms with Gasteiger partial charge in [0.2, 0.25) is 5.91 Å². The van der Waals surface area contributed by atoms with Crippen LogP contribution in [-0.2, 0) is 11.3 Å². The van der Waals surface area contributed by atoms with Crippen molar-refractivity contribution in [2.75, 3.05) is 19.9 Å². The fourth-order valence-corrected chi connectivity index (χ4v) is 4.62. The van der Waals surface area contributed by atoms with E-state index in [2.05, 4.69) is 15.2 Å². The zero-order valence-corrected chi connectivity index (χ0v) is 20.5. The zero-order valence-electron chi connectivity index (χ0n) is 19.7. The fraction of sp³-hybridized carbons (Fsp3) is 0.231. The summed E-state index contributed by atoms with van der Waals surface area (Å²) in [6.07, 6.45) is 1.78. The molecule has 0 radical (unpaired) electrons. The third-order valence-corrected chi connectivity index (χ3v) is 6.48. The Morgan fingerprint density at radius 1 is 1.03 bits per heavy atom. The van der Waals surface area contributed by atoms with Crippen molar-refractivity contribution in [2.45, 2.75) is 25.5 Å².